The molecule has 6 aromatic rings. The van der Waals surface area contributed by atoms with Crippen LogP contribution in [0.1, 0.15) is 11.1 Å². The fraction of sp³-hybridized carbons (Fsp3) is 0.118. The van der Waals surface area contributed by atoms with Crippen LogP contribution in [0.15, 0.2) is 110 Å². The molecular weight excluding hydrogens is 622 g/mol. The van der Waals surface area contributed by atoms with Crippen LogP contribution in [-0.4, -0.2) is 42.5 Å². The Morgan fingerprint density at radius 1 is 1.05 bits per heavy atom. The quantitative estimate of drug-likeness (QED) is 0.181. The van der Waals surface area contributed by atoms with E-state index in [4.69, 9.17) is 14.1 Å². The number of benzene rings is 4. The average Bonchev–Trinajstić information content (AvgIpc) is 3.44. The second-order valence-electron chi connectivity index (χ2n) is 10.4. The summed E-state index contributed by atoms with van der Waals surface area (Å²) >= 11 is 3.49. The second-order valence-corrected chi connectivity index (χ2v) is 11.3. The summed E-state index contributed by atoms with van der Waals surface area (Å²) in [5.41, 5.74) is 4.04. The SMILES string of the molecule is Cc1ccc(NC(=O)COc2cc(N(C)C)ccc2C=Nn2c(-c3cc4cc(Br)ccc4o3)nc3ccccc3c2=O)cc1. The molecule has 0 saturated heterocycles. The maximum atomic E-state index is 13.7. The second kappa shape index (κ2) is 12.2. The van der Waals surface area contributed by atoms with Crippen molar-refractivity contribution in [3.8, 4) is 17.3 Å². The lowest BCUT2D eigenvalue weighted by molar-refractivity contribution is -0.118. The number of nitrogens with zero attached hydrogens (tertiary/aromatic N) is 4. The molecule has 0 aliphatic rings. The lowest BCUT2D eigenvalue weighted by atomic mass is 10.2. The number of anilines is 2. The molecule has 1 N–H and O–H groups in total. The predicted molar refractivity (Wildman–Crippen MR) is 178 cm³/mol. The van der Waals surface area contributed by atoms with Crippen molar-refractivity contribution in [3.63, 3.8) is 0 Å². The third-order valence-electron chi connectivity index (χ3n) is 6.97. The highest BCUT2D eigenvalue weighted by Gasteiger charge is 2.17. The van der Waals surface area contributed by atoms with Gasteiger partial charge in [-0.05, 0) is 67.6 Å². The number of fused-ring (bicyclic) bond motifs is 2. The standard InChI is InChI=1S/C34H28BrN5O4/c1-21-8-12-25(13-9-21)37-32(41)20-43-30-18-26(39(2)3)14-10-22(30)19-36-40-33(38-28-7-5-4-6-27(28)34(40)42)31-17-23-16-24(35)11-15-29(23)44-31/h4-19H,20H2,1-3H3,(H,37,41). The van der Waals surface area contributed by atoms with Gasteiger partial charge in [0.25, 0.3) is 11.5 Å². The predicted octanol–water partition coefficient (Wildman–Crippen LogP) is 6.85. The molecule has 0 fully saturated rings. The largest absolute Gasteiger partial charge is 0.483 e. The molecule has 2 heterocycles. The summed E-state index contributed by atoms with van der Waals surface area (Å²) in [6.07, 6.45) is 1.52. The summed E-state index contributed by atoms with van der Waals surface area (Å²) in [6.45, 7) is 1.76. The van der Waals surface area contributed by atoms with Gasteiger partial charge in [0.2, 0.25) is 5.82 Å². The molecule has 0 bridgehead atoms. The first-order valence-electron chi connectivity index (χ1n) is 13.8. The number of hydrogen-bond donors (Lipinski definition) is 1. The summed E-state index contributed by atoms with van der Waals surface area (Å²) in [7, 11) is 3.82. The van der Waals surface area contributed by atoms with Gasteiger partial charge in [0.05, 0.1) is 17.1 Å². The first kappa shape index (κ1) is 28.9. The van der Waals surface area contributed by atoms with Crippen LogP contribution in [0.25, 0.3) is 33.5 Å². The minimum Gasteiger partial charge on any atom is -0.483 e. The Labute approximate surface area is 261 Å². The third kappa shape index (κ3) is 6.11. The minimum absolute atomic E-state index is 0.219. The minimum atomic E-state index is -0.353. The Balaban J connectivity index is 1.37. The van der Waals surface area contributed by atoms with Crippen LogP contribution in [0.3, 0.4) is 0 Å². The van der Waals surface area contributed by atoms with Gasteiger partial charge < -0.3 is 19.4 Å². The van der Waals surface area contributed by atoms with Crippen molar-refractivity contribution in [1.82, 2.24) is 9.66 Å². The number of carbonyl (C=O) groups is 1. The topological polar surface area (TPSA) is 102 Å². The van der Waals surface area contributed by atoms with Gasteiger partial charge in [0.15, 0.2) is 12.4 Å². The van der Waals surface area contributed by atoms with Crippen molar-refractivity contribution in [2.75, 3.05) is 30.9 Å². The van der Waals surface area contributed by atoms with E-state index in [2.05, 4.69) is 26.3 Å². The van der Waals surface area contributed by atoms with E-state index in [0.717, 1.165) is 21.1 Å². The number of para-hydroxylation sites is 1. The molecule has 6 rings (SSSR count). The van der Waals surface area contributed by atoms with E-state index in [0.29, 0.717) is 39.2 Å². The molecule has 9 nitrogen and oxygen atoms in total. The van der Waals surface area contributed by atoms with Crippen molar-refractivity contribution in [3.05, 3.63) is 117 Å². The van der Waals surface area contributed by atoms with E-state index in [-0.39, 0.29) is 23.9 Å². The Morgan fingerprint density at radius 2 is 1.84 bits per heavy atom. The molecule has 0 aliphatic carbocycles. The molecule has 4 aromatic carbocycles. The van der Waals surface area contributed by atoms with Gasteiger partial charge in [-0.3, -0.25) is 9.59 Å². The van der Waals surface area contributed by atoms with Crippen molar-refractivity contribution < 1.29 is 13.9 Å². The van der Waals surface area contributed by atoms with Gasteiger partial charge >= 0.3 is 0 Å². The summed E-state index contributed by atoms with van der Waals surface area (Å²) in [5, 5.41) is 8.69. The Kier molecular flexibility index (Phi) is 7.99. The zero-order valence-electron chi connectivity index (χ0n) is 24.2. The number of hydrogen-bond acceptors (Lipinski definition) is 7. The molecule has 220 valence electrons. The number of halogens is 1. The number of ether oxygens (including phenoxy) is 1. The van der Waals surface area contributed by atoms with Gasteiger partial charge in [0.1, 0.15) is 11.3 Å². The van der Waals surface area contributed by atoms with Crippen molar-refractivity contribution in [1.29, 1.82) is 0 Å². The molecular formula is C34H28BrN5O4. The lowest BCUT2D eigenvalue weighted by Gasteiger charge is -2.16. The van der Waals surface area contributed by atoms with Crippen LogP contribution in [-0.2, 0) is 4.79 Å². The summed E-state index contributed by atoms with van der Waals surface area (Å²) in [5.74, 6) is 0.768. The molecule has 10 heteroatoms. The van der Waals surface area contributed by atoms with Gasteiger partial charge in [-0.1, -0.05) is 45.8 Å². The van der Waals surface area contributed by atoms with Crippen LogP contribution >= 0.6 is 15.9 Å². The molecule has 0 aliphatic heterocycles. The summed E-state index contributed by atoms with van der Waals surface area (Å²) < 4.78 is 14.2. The highest BCUT2D eigenvalue weighted by Crippen LogP contribution is 2.30. The van der Waals surface area contributed by atoms with Crippen LogP contribution in [0, 0.1) is 6.92 Å². The van der Waals surface area contributed by atoms with Crippen molar-refractivity contribution >= 4 is 61.3 Å². The molecule has 0 radical (unpaired) electrons. The van der Waals surface area contributed by atoms with Gasteiger partial charge in [-0.25, -0.2) is 4.98 Å². The highest BCUT2D eigenvalue weighted by atomic mass is 79.9. The number of carbonyl (C=O) groups excluding carboxylic acids is 1. The Morgan fingerprint density at radius 3 is 2.64 bits per heavy atom. The van der Waals surface area contributed by atoms with E-state index in [9.17, 15) is 9.59 Å². The first-order valence-corrected chi connectivity index (χ1v) is 14.6. The summed E-state index contributed by atoms with van der Waals surface area (Å²) in [4.78, 5) is 33.1. The van der Waals surface area contributed by atoms with E-state index in [1.165, 1.54) is 10.9 Å². The first-order chi connectivity index (χ1) is 21.2. The molecule has 0 spiro atoms. The zero-order chi connectivity index (χ0) is 30.8. The number of rotatable bonds is 8. The monoisotopic (exact) mass is 649 g/mol. The van der Waals surface area contributed by atoms with Crippen LogP contribution in [0.4, 0.5) is 11.4 Å². The van der Waals surface area contributed by atoms with Crippen LogP contribution in [0.2, 0.25) is 0 Å². The van der Waals surface area contributed by atoms with Gasteiger partial charge in [0, 0.05) is 47.0 Å². The number of furan rings is 1. The molecule has 1 amide bonds. The third-order valence-corrected chi connectivity index (χ3v) is 7.47. The number of amides is 1. The maximum absolute atomic E-state index is 13.7. The Hall–Kier alpha value is -5.22. The smallest absolute Gasteiger partial charge is 0.282 e. The van der Waals surface area contributed by atoms with Gasteiger partial charge in [-0.15, -0.1) is 0 Å². The fourth-order valence-corrected chi connectivity index (χ4v) is 5.02. The number of aromatic nitrogens is 2. The molecule has 0 atom stereocenters. The average molecular weight is 651 g/mol. The maximum Gasteiger partial charge on any atom is 0.282 e. The van der Waals surface area contributed by atoms with E-state index in [1.54, 1.807) is 18.2 Å². The lowest BCUT2D eigenvalue weighted by Crippen LogP contribution is -2.21. The highest BCUT2D eigenvalue weighted by molar-refractivity contribution is 9.10. The van der Waals surface area contributed by atoms with Crippen molar-refractivity contribution in [2.24, 2.45) is 5.10 Å². The van der Waals surface area contributed by atoms with E-state index in [1.807, 2.05) is 98.7 Å². The number of nitrogens with one attached hydrogen (secondary N) is 1. The van der Waals surface area contributed by atoms with Gasteiger partial charge in [-0.2, -0.15) is 9.78 Å². The zero-order valence-corrected chi connectivity index (χ0v) is 25.8. The molecule has 44 heavy (non-hydrogen) atoms. The van der Waals surface area contributed by atoms with E-state index >= 15 is 0 Å². The molecule has 2 aromatic heterocycles. The summed E-state index contributed by atoms with van der Waals surface area (Å²) in [6, 6.07) is 27.7. The Bertz CT molecular complexity index is 2100. The van der Waals surface area contributed by atoms with Crippen LogP contribution < -0.4 is 20.5 Å². The molecule has 0 saturated carbocycles. The van der Waals surface area contributed by atoms with Crippen molar-refractivity contribution in [2.45, 2.75) is 6.92 Å². The normalized spacial score (nSPS) is 11.4. The fourth-order valence-electron chi connectivity index (χ4n) is 4.64. The van der Waals surface area contributed by atoms with E-state index < -0.39 is 0 Å². The van der Waals surface area contributed by atoms with Crippen LogP contribution in [0.5, 0.6) is 5.75 Å². The molecule has 0 unspecified atom stereocenters. The number of aryl methyl sites for hydroxylation is 1.